The first kappa shape index (κ1) is 16.2. The zero-order chi connectivity index (χ0) is 16.1. The number of aromatic nitrogens is 2. The molecule has 7 heteroatoms. The largest absolute Gasteiger partial charge is 0.339 e. The van der Waals surface area contributed by atoms with Crippen molar-refractivity contribution in [1.29, 1.82) is 0 Å². The van der Waals surface area contributed by atoms with Gasteiger partial charge in [0.2, 0.25) is 5.89 Å². The molecule has 0 aliphatic rings. The minimum Gasteiger partial charge on any atom is -0.339 e. The van der Waals surface area contributed by atoms with Crippen molar-refractivity contribution in [3.8, 4) is 0 Å². The molecule has 1 atom stereocenters. The van der Waals surface area contributed by atoms with Gasteiger partial charge >= 0.3 is 0 Å². The van der Waals surface area contributed by atoms with Crippen LogP contribution in [0.2, 0.25) is 0 Å². The number of benzene rings is 1. The van der Waals surface area contributed by atoms with E-state index in [-0.39, 0.29) is 24.4 Å². The van der Waals surface area contributed by atoms with Gasteiger partial charge in [-0.1, -0.05) is 5.16 Å². The Hall–Kier alpha value is -2.15. The van der Waals surface area contributed by atoms with Crippen LogP contribution in [0, 0.1) is 11.6 Å². The summed E-state index contributed by atoms with van der Waals surface area (Å²) in [5, 5.41) is 6.88. The molecule has 118 valence electrons. The van der Waals surface area contributed by atoms with Crippen molar-refractivity contribution in [2.24, 2.45) is 0 Å². The fraction of sp³-hybridized carbons (Fsp3) is 0.400. The summed E-state index contributed by atoms with van der Waals surface area (Å²) in [7, 11) is 1.83. The Labute approximate surface area is 126 Å². The Kier molecular flexibility index (Phi) is 5.32. The van der Waals surface area contributed by atoms with Crippen LogP contribution in [0.25, 0.3) is 0 Å². The Bertz CT molecular complexity index is 658. The Balaban J connectivity index is 1.93. The van der Waals surface area contributed by atoms with Crippen molar-refractivity contribution in [2.45, 2.75) is 32.2 Å². The zero-order valence-corrected chi connectivity index (χ0v) is 12.4. The third-order valence-electron chi connectivity index (χ3n) is 3.29. The molecule has 1 heterocycles. The van der Waals surface area contributed by atoms with Gasteiger partial charge in [-0.3, -0.25) is 4.79 Å². The minimum absolute atomic E-state index is 0.0196. The summed E-state index contributed by atoms with van der Waals surface area (Å²) < 4.78 is 31.4. The smallest absolute Gasteiger partial charge is 0.227 e. The highest BCUT2D eigenvalue weighted by Crippen LogP contribution is 2.13. The quantitative estimate of drug-likeness (QED) is 0.795. The lowest BCUT2D eigenvalue weighted by Gasteiger charge is -2.04. The van der Waals surface area contributed by atoms with Crippen molar-refractivity contribution in [3.05, 3.63) is 47.1 Å². The number of nitrogens with one attached hydrogen (secondary N) is 1. The highest BCUT2D eigenvalue weighted by Gasteiger charge is 2.15. The lowest BCUT2D eigenvalue weighted by Crippen LogP contribution is -2.24. The van der Waals surface area contributed by atoms with E-state index in [1.807, 2.05) is 14.0 Å². The van der Waals surface area contributed by atoms with Crippen LogP contribution in [0.5, 0.6) is 0 Å². The van der Waals surface area contributed by atoms with Crippen LogP contribution < -0.4 is 5.32 Å². The van der Waals surface area contributed by atoms with Gasteiger partial charge in [0, 0.05) is 31.4 Å². The predicted molar refractivity (Wildman–Crippen MR) is 75.5 cm³/mol. The molecule has 1 aromatic heterocycles. The number of halogens is 2. The molecule has 0 saturated carbocycles. The van der Waals surface area contributed by atoms with Crippen LogP contribution in [0.15, 0.2) is 22.7 Å². The molecule has 0 saturated heterocycles. The summed E-state index contributed by atoms with van der Waals surface area (Å²) in [6, 6.07) is 3.10. The summed E-state index contributed by atoms with van der Waals surface area (Å²) >= 11 is 0. The molecule has 1 unspecified atom stereocenters. The molecular formula is C15H17F2N3O2. The summed E-state index contributed by atoms with van der Waals surface area (Å²) in [6.45, 7) is 1.98. The molecule has 2 rings (SSSR count). The summed E-state index contributed by atoms with van der Waals surface area (Å²) in [5.41, 5.74) is -0.134. The van der Waals surface area contributed by atoms with E-state index in [1.165, 1.54) is 0 Å². The van der Waals surface area contributed by atoms with Crippen molar-refractivity contribution < 1.29 is 18.1 Å². The van der Waals surface area contributed by atoms with Crippen LogP contribution in [0.1, 0.15) is 35.4 Å². The average molecular weight is 309 g/mol. The zero-order valence-electron chi connectivity index (χ0n) is 12.4. The maximum absolute atomic E-state index is 13.5. The molecule has 0 bridgehead atoms. The fourth-order valence-electron chi connectivity index (χ4n) is 1.92. The SMILES string of the molecule is CNC(C)Cc1noc(CCC(=O)c2ccc(F)cc2F)n1. The standard InChI is InChI=1S/C15H17F2N3O2/c1-9(18-2)7-14-19-15(22-20-14)6-5-13(21)11-4-3-10(16)8-12(11)17/h3-4,8-9,18H,5-7H2,1-2H3. The average Bonchev–Trinajstić information content (AvgIpc) is 2.92. The third-order valence-corrected chi connectivity index (χ3v) is 3.29. The van der Waals surface area contributed by atoms with Crippen LogP contribution in [0.3, 0.4) is 0 Å². The van der Waals surface area contributed by atoms with E-state index in [0.717, 1.165) is 12.1 Å². The first-order valence-corrected chi connectivity index (χ1v) is 6.96. The summed E-state index contributed by atoms with van der Waals surface area (Å²) in [6.07, 6.45) is 0.850. The molecule has 0 amide bonds. The van der Waals surface area contributed by atoms with Gasteiger partial charge in [-0.2, -0.15) is 4.98 Å². The number of ketones is 1. The van der Waals surface area contributed by atoms with Crippen LogP contribution in [0.4, 0.5) is 8.78 Å². The van der Waals surface area contributed by atoms with Gasteiger partial charge in [-0.15, -0.1) is 0 Å². The molecular weight excluding hydrogens is 292 g/mol. The number of carbonyl (C=O) groups excluding carboxylic acids is 1. The minimum atomic E-state index is -0.862. The van der Waals surface area contributed by atoms with Crippen LogP contribution >= 0.6 is 0 Å². The number of carbonyl (C=O) groups is 1. The first-order valence-electron chi connectivity index (χ1n) is 6.96. The molecule has 22 heavy (non-hydrogen) atoms. The lowest BCUT2D eigenvalue weighted by atomic mass is 10.1. The second-order valence-corrected chi connectivity index (χ2v) is 5.05. The number of Topliss-reactive ketones (excluding diaryl/α,β-unsaturated/α-hetero) is 1. The first-order chi connectivity index (χ1) is 10.5. The van der Waals surface area contributed by atoms with E-state index in [4.69, 9.17) is 4.52 Å². The van der Waals surface area contributed by atoms with Crippen molar-refractivity contribution >= 4 is 5.78 Å². The van der Waals surface area contributed by atoms with Crippen LogP contribution in [-0.2, 0) is 12.8 Å². The highest BCUT2D eigenvalue weighted by molar-refractivity contribution is 5.96. The number of hydrogen-bond donors (Lipinski definition) is 1. The van der Waals surface area contributed by atoms with Gasteiger partial charge in [0.25, 0.3) is 0 Å². The van der Waals surface area contributed by atoms with Crippen molar-refractivity contribution in [2.75, 3.05) is 7.05 Å². The second kappa shape index (κ2) is 7.22. The maximum atomic E-state index is 13.5. The van der Waals surface area contributed by atoms with Crippen LogP contribution in [-0.4, -0.2) is 29.0 Å². The molecule has 0 aliphatic carbocycles. The molecule has 0 radical (unpaired) electrons. The number of aryl methyl sites for hydroxylation is 1. The van der Waals surface area contributed by atoms with Gasteiger partial charge in [-0.25, -0.2) is 8.78 Å². The van der Waals surface area contributed by atoms with Crippen molar-refractivity contribution in [1.82, 2.24) is 15.5 Å². The molecule has 0 aliphatic heterocycles. The van der Waals surface area contributed by atoms with E-state index in [9.17, 15) is 13.6 Å². The number of likely N-dealkylation sites (N-methyl/N-ethyl adjacent to an activating group) is 1. The fourth-order valence-corrected chi connectivity index (χ4v) is 1.92. The van der Waals surface area contributed by atoms with E-state index < -0.39 is 17.4 Å². The molecule has 1 aromatic carbocycles. The lowest BCUT2D eigenvalue weighted by molar-refractivity contribution is 0.0975. The van der Waals surface area contributed by atoms with Gasteiger partial charge in [0.05, 0.1) is 5.56 Å². The summed E-state index contributed by atoms with van der Waals surface area (Å²) in [4.78, 5) is 16.1. The number of hydrogen-bond acceptors (Lipinski definition) is 5. The van der Waals surface area contributed by atoms with Gasteiger partial charge in [-0.05, 0) is 26.1 Å². The van der Waals surface area contributed by atoms with E-state index >= 15 is 0 Å². The monoisotopic (exact) mass is 309 g/mol. The Morgan fingerprint density at radius 3 is 2.86 bits per heavy atom. The van der Waals surface area contributed by atoms with Crippen molar-refractivity contribution in [3.63, 3.8) is 0 Å². The third kappa shape index (κ3) is 4.17. The van der Waals surface area contributed by atoms with Gasteiger partial charge in [0.15, 0.2) is 11.6 Å². The topological polar surface area (TPSA) is 68.0 Å². The van der Waals surface area contributed by atoms with E-state index in [1.54, 1.807) is 0 Å². The molecule has 0 fully saturated rings. The molecule has 5 nitrogen and oxygen atoms in total. The number of nitrogens with zero attached hydrogens (tertiary/aromatic N) is 2. The second-order valence-electron chi connectivity index (χ2n) is 5.05. The normalized spacial score (nSPS) is 12.4. The van der Waals surface area contributed by atoms with Gasteiger partial charge < -0.3 is 9.84 Å². The number of rotatable bonds is 7. The predicted octanol–water partition coefficient (Wildman–Crippen LogP) is 2.31. The molecule has 0 spiro atoms. The molecule has 1 N–H and O–H groups in total. The summed E-state index contributed by atoms with van der Waals surface area (Å²) in [5.74, 6) is -1.12. The maximum Gasteiger partial charge on any atom is 0.227 e. The van der Waals surface area contributed by atoms with E-state index in [2.05, 4.69) is 15.5 Å². The Morgan fingerprint density at radius 2 is 2.18 bits per heavy atom. The highest BCUT2D eigenvalue weighted by atomic mass is 19.1. The molecule has 2 aromatic rings. The van der Waals surface area contributed by atoms with E-state index in [0.29, 0.717) is 24.2 Å². The Morgan fingerprint density at radius 1 is 1.41 bits per heavy atom. The van der Waals surface area contributed by atoms with Gasteiger partial charge in [0.1, 0.15) is 11.6 Å².